The number of fused-ring (bicyclic) bond motifs is 3. The summed E-state index contributed by atoms with van der Waals surface area (Å²) >= 11 is 0. The van der Waals surface area contributed by atoms with Crippen LogP contribution in [0.3, 0.4) is 0 Å². The van der Waals surface area contributed by atoms with Gasteiger partial charge in [0.25, 0.3) is 11.9 Å². The van der Waals surface area contributed by atoms with Crippen LogP contribution >= 0.6 is 0 Å². The number of carbonyl (C=O) groups excluding carboxylic acids is 1. The number of nitrogens with zero attached hydrogens (tertiary/aromatic N) is 6. The van der Waals surface area contributed by atoms with Gasteiger partial charge in [0, 0.05) is 31.1 Å². The van der Waals surface area contributed by atoms with E-state index >= 15 is 0 Å². The number of rotatable bonds is 5. The lowest BCUT2D eigenvalue weighted by Crippen LogP contribution is -2.37. The first kappa shape index (κ1) is 23.2. The van der Waals surface area contributed by atoms with Gasteiger partial charge in [0.2, 0.25) is 0 Å². The minimum Gasteiger partial charge on any atom is -0.424 e. The van der Waals surface area contributed by atoms with Crippen molar-refractivity contribution in [1.82, 2.24) is 29.6 Å². The molecule has 6 rings (SSSR count). The third-order valence-corrected chi connectivity index (χ3v) is 6.72. The lowest BCUT2D eigenvalue weighted by Gasteiger charge is -2.29. The van der Waals surface area contributed by atoms with E-state index in [-0.39, 0.29) is 17.5 Å². The first-order valence-corrected chi connectivity index (χ1v) is 11.9. The average Bonchev–Trinajstić information content (AvgIpc) is 3.48. The van der Waals surface area contributed by atoms with Gasteiger partial charge in [0.15, 0.2) is 11.2 Å². The van der Waals surface area contributed by atoms with Crippen molar-refractivity contribution in [3.8, 4) is 11.3 Å². The molecule has 1 aliphatic heterocycles. The summed E-state index contributed by atoms with van der Waals surface area (Å²) < 4.78 is 7.21. The number of hydrogen-bond acceptors (Lipinski definition) is 10. The number of anilines is 2. The van der Waals surface area contributed by atoms with Gasteiger partial charge in [0.05, 0.1) is 17.5 Å². The number of nitrogens with one attached hydrogen (secondary N) is 1. The van der Waals surface area contributed by atoms with E-state index in [1.807, 2.05) is 28.9 Å². The van der Waals surface area contributed by atoms with Crippen LogP contribution in [0.5, 0.6) is 0 Å². The maximum absolute atomic E-state index is 12.6. The Morgan fingerprint density at radius 1 is 1.13 bits per heavy atom. The molecular weight excluding hydrogens is 484 g/mol. The second-order valence-electron chi connectivity index (χ2n) is 9.04. The third-order valence-electron chi connectivity index (χ3n) is 6.72. The first-order valence-electron chi connectivity index (χ1n) is 11.9. The van der Waals surface area contributed by atoms with Crippen molar-refractivity contribution in [3.05, 3.63) is 71.2 Å². The Labute approximate surface area is 216 Å². The largest absolute Gasteiger partial charge is 0.424 e. The van der Waals surface area contributed by atoms with Crippen molar-refractivity contribution in [2.24, 2.45) is 5.73 Å². The molecule has 12 nitrogen and oxygen atoms in total. The Kier molecular flexibility index (Phi) is 5.48. The average molecular weight is 509 g/mol. The van der Waals surface area contributed by atoms with Crippen LogP contribution in [-0.4, -0.2) is 48.3 Å². The van der Waals surface area contributed by atoms with Gasteiger partial charge in [-0.1, -0.05) is 18.2 Å². The van der Waals surface area contributed by atoms with E-state index in [1.54, 1.807) is 11.0 Å². The zero-order valence-corrected chi connectivity index (χ0v) is 20.3. The zero-order chi connectivity index (χ0) is 26.4. The van der Waals surface area contributed by atoms with Crippen LogP contribution < -0.4 is 17.2 Å². The maximum Gasteiger partial charge on any atom is 0.292 e. The molecule has 0 unspecified atom stereocenters. The SMILES string of the molecule is N=CC(=CN)C(=O)N1CCc2cc(Cn3nc(-c4ccc5oc(N)nc5c4)c4c(N)ncnc43)ccc2C1. The quantitative estimate of drug-likeness (QED) is 0.203. The molecule has 0 bridgehead atoms. The molecule has 2 aromatic carbocycles. The second kappa shape index (κ2) is 9.00. The number of aromatic nitrogens is 5. The van der Waals surface area contributed by atoms with E-state index in [2.05, 4.69) is 21.0 Å². The molecule has 0 aliphatic carbocycles. The standard InChI is InChI=1S/C26H24N10O2/c27-9-18(10-28)25(37)35-6-5-15-7-14(1-2-17(15)12-35)11-36-24-21(23(29)31-13-32-24)22(34-36)16-3-4-20-19(8-16)33-26(30)38-20/h1-4,7-10,13,27H,5-6,11-12,28H2,(H2,30,33)(H2,29,31,32). The first-order chi connectivity index (χ1) is 18.4. The number of hydrogen-bond donors (Lipinski definition) is 4. The van der Waals surface area contributed by atoms with E-state index in [1.165, 1.54) is 18.1 Å². The molecule has 0 atom stereocenters. The van der Waals surface area contributed by atoms with E-state index in [0.29, 0.717) is 59.7 Å². The highest BCUT2D eigenvalue weighted by atomic mass is 16.4. The summed E-state index contributed by atoms with van der Waals surface area (Å²) in [5.74, 6) is 0.0959. The molecular formula is C26H24N10O2. The normalized spacial score (nSPS) is 13.7. The van der Waals surface area contributed by atoms with Gasteiger partial charge in [-0.25, -0.2) is 14.6 Å². The molecule has 7 N–H and O–H groups in total. The van der Waals surface area contributed by atoms with Gasteiger partial charge in [-0.05, 0) is 41.3 Å². The Morgan fingerprint density at radius 2 is 2.00 bits per heavy atom. The van der Waals surface area contributed by atoms with Crippen LogP contribution in [0.4, 0.5) is 11.8 Å². The molecule has 1 aliphatic rings. The lowest BCUT2D eigenvalue weighted by atomic mass is 9.97. The molecule has 38 heavy (non-hydrogen) atoms. The molecule has 5 aromatic rings. The van der Waals surface area contributed by atoms with Gasteiger partial charge >= 0.3 is 0 Å². The fourth-order valence-corrected chi connectivity index (χ4v) is 4.85. The van der Waals surface area contributed by atoms with Crippen LogP contribution in [0.25, 0.3) is 33.4 Å². The molecule has 3 aromatic heterocycles. The maximum atomic E-state index is 12.6. The predicted molar refractivity (Wildman–Crippen MR) is 143 cm³/mol. The van der Waals surface area contributed by atoms with Crippen molar-refractivity contribution in [2.75, 3.05) is 18.0 Å². The van der Waals surface area contributed by atoms with Gasteiger partial charge < -0.3 is 31.9 Å². The summed E-state index contributed by atoms with van der Waals surface area (Å²) in [4.78, 5) is 27.2. The highest BCUT2D eigenvalue weighted by Crippen LogP contribution is 2.33. The van der Waals surface area contributed by atoms with Gasteiger partial charge in [-0.15, -0.1) is 0 Å². The smallest absolute Gasteiger partial charge is 0.292 e. The Morgan fingerprint density at radius 3 is 2.82 bits per heavy atom. The fraction of sp³-hybridized carbons (Fsp3) is 0.154. The Hall–Kier alpha value is -5.26. The number of nitrogen functional groups attached to an aromatic ring is 2. The molecule has 1 amide bonds. The number of carbonyl (C=O) groups is 1. The third kappa shape index (κ3) is 3.88. The number of benzene rings is 2. The van der Waals surface area contributed by atoms with Crippen LogP contribution in [0.2, 0.25) is 0 Å². The number of amides is 1. The summed E-state index contributed by atoms with van der Waals surface area (Å²) in [5, 5.41) is 12.9. The molecule has 0 saturated carbocycles. The second-order valence-corrected chi connectivity index (χ2v) is 9.04. The van der Waals surface area contributed by atoms with E-state index < -0.39 is 0 Å². The summed E-state index contributed by atoms with van der Waals surface area (Å²) in [6.45, 7) is 1.48. The van der Waals surface area contributed by atoms with Crippen molar-refractivity contribution in [3.63, 3.8) is 0 Å². The predicted octanol–water partition coefficient (Wildman–Crippen LogP) is 2.22. The van der Waals surface area contributed by atoms with Crippen molar-refractivity contribution >= 4 is 46.1 Å². The molecule has 4 heterocycles. The Balaban J connectivity index is 1.33. The van der Waals surface area contributed by atoms with Crippen LogP contribution in [-0.2, 0) is 24.3 Å². The summed E-state index contributed by atoms with van der Waals surface area (Å²) in [6.07, 6.45) is 4.29. The van der Waals surface area contributed by atoms with Gasteiger partial charge in [-0.2, -0.15) is 10.1 Å². The highest BCUT2D eigenvalue weighted by molar-refractivity contribution is 6.11. The molecule has 190 valence electrons. The van der Waals surface area contributed by atoms with E-state index in [4.69, 9.17) is 32.1 Å². The monoisotopic (exact) mass is 508 g/mol. The highest BCUT2D eigenvalue weighted by Gasteiger charge is 2.23. The number of oxazole rings is 1. The topological polar surface area (TPSA) is 192 Å². The summed E-state index contributed by atoms with van der Waals surface area (Å²) in [6, 6.07) is 11.8. The van der Waals surface area contributed by atoms with Gasteiger partial charge in [0.1, 0.15) is 23.4 Å². The van der Waals surface area contributed by atoms with Crippen molar-refractivity contribution in [2.45, 2.75) is 19.5 Å². The summed E-state index contributed by atoms with van der Waals surface area (Å²) in [5.41, 5.74) is 24.2. The van der Waals surface area contributed by atoms with Gasteiger partial charge in [-0.3, -0.25) is 4.79 Å². The van der Waals surface area contributed by atoms with E-state index in [9.17, 15) is 4.79 Å². The van der Waals surface area contributed by atoms with E-state index in [0.717, 1.165) is 22.9 Å². The number of nitrogens with two attached hydrogens (primary N) is 3. The van der Waals surface area contributed by atoms with Crippen LogP contribution in [0.15, 0.2) is 58.9 Å². The Bertz CT molecular complexity index is 1770. The molecule has 12 heteroatoms. The van der Waals surface area contributed by atoms with Crippen LogP contribution in [0.1, 0.15) is 16.7 Å². The van der Waals surface area contributed by atoms with Crippen molar-refractivity contribution in [1.29, 1.82) is 5.41 Å². The fourth-order valence-electron chi connectivity index (χ4n) is 4.85. The molecule has 0 radical (unpaired) electrons. The van der Waals surface area contributed by atoms with Crippen molar-refractivity contribution < 1.29 is 9.21 Å². The van der Waals surface area contributed by atoms with Crippen LogP contribution in [0, 0.1) is 5.41 Å². The summed E-state index contributed by atoms with van der Waals surface area (Å²) in [7, 11) is 0. The molecule has 0 saturated heterocycles. The minimum atomic E-state index is -0.239. The molecule has 0 spiro atoms. The lowest BCUT2D eigenvalue weighted by molar-refractivity contribution is -0.127. The minimum absolute atomic E-state index is 0.0984. The zero-order valence-electron chi connectivity index (χ0n) is 20.3. The molecule has 0 fully saturated rings.